The topological polar surface area (TPSA) is 79.4 Å². The quantitative estimate of drug-likeness (QED) is 0.872. The van der Waals surface area contributed by atoms with Crippen LogP contribution < -0.4 is 5.32 Å². The van der Waals surface area contributed by atoms with E-state index in [-0.39, 0.29) is 11.8 Å². The largest absolute Gasteiger partial charge is 0.359 e. The van der Waals surface area contributed by atoms with E-state index in [1.54, 1.807) is 7.05 Å². The van der Waals surface area contributed by atoms with Crippen LogP contribution in [0.1, 0.15) is 36.6 Å². The Labute approximate surface area is 132 Å². The predicted octanol–water partition coefficient (Wildman–Crippen LogP) is 0.899. The van der Waals surface area contributed by atoms with Crippen LogP contribution in [-0.2, 0) is 21.2 Å². The third-order valence-corrected chi connectivity index (χ3v) is 5.36. The summed E-state index contributed by atoms with van der Waals surface area (Å²) in [5.41, 5.74) is 1.91. The smallest absolute Gasteiger partial charge is 0.220 e. The lowest BCUT2D eigenvalue weighted by Crippen LogP contribution is -2.37. The highest BCUT2D eigenvalue weighted by Crippen LogP contribution is 2.27. The number of sulfonamides is 1. The number of nitrogens with zero attached hydrogens (tertiary/aromatic N) is 2. The van der Waals surface area contributed by atoms with Gasteiger partial charge in [-0.2, -0.15) is 0 Å². The van der Waals surface area contributed by atoms with Crippen molar-refractivity contribution in [3.05, 3.63) is 29.6 Å². The average molecular weight is 325 g/mol. The van der Waals surface area contributed by atoms with Crippen molar-refractivity contribution in [1.82, 2.24) is 14.6 Å². The van der Waals surface area contributed by atoms with Crippen molar-refractivity contribution in [3.8, 4) is 0 Å². The van der Waals surface area contributed by atoms with E-state index in [0.29, 0.717) is 25.9 Å². The minimum absolute atomic E-state index is 0.00802. The Hall–Kier alpha value is -1.47. The van der Waals surface area contributed by atoms with Gasteiger partial charge in [0.15, 0.2) is 0 Å². The number of nitrogens with one attached hydrogen (secondary N) is 1. The van der Waals surface area contributed by atoms with Gasteiger partial charge in [0.1, 0.15) is 0 Å². The number of rotatable bonds is 5. The van der Waals surface area contributed by atoms with Crippen LogP contribution in [0.25, 0.3) is 0 Å². The molecule has 1 amide bonds. The van der Waals surface area contributed by atoms with E-state index in [1.807, 2.05) is 18.2 Å². The van der Waals surface area contributed by atoms with Crippen LogP contribution >= 0.6 is 0 Å². The summed E-state index contributed by atoms with van der Waals surface area (Å²) < 4.78 is 24.6. The molecule has 122 valence electrons. The van der Waals surface area contributed by atoms with Crippen molar-refractivity contribution in [1.29, 1.82) is 0 Å². The number of pyridine rings is 1. The van der Waals surface area contributed by atoms with Crippen LogP contribution in [0.4, 0.5) is 0 Å². The number of amides is 1. The van der Waals surface area contributed by atoms with Crippen molar-refractivity contribution in [2.75, 3.05) is 26.4 Å². The molecule has 1 N–H and O–H groups in total. The third kappa shape index (κ3) is 4.51. The van der Waals surface area contributed by atoms with Gasteiger partial charge >= 0.3 is 0 Å². The number of carbonyl (C=O) groups excluding carboxylic acids is 1. The van der Waals surface area contributed by atoms with Gasteiger partial charge in [0.2, 0.25) is 15.9 Å². The molecule has 0 aliphatic carbocycles. The molecule has 0 atom stereocenters. The van der Waals surface area contributed by atoms with E-state index in [1.165, 1.54) is 10.6 Å². The fourth-order valence-electron chi connectivity index (χ4n) is 2.71. The fourth-order valence-corrected chi connectivity index (χ4v) is 3.59. The molecule has 6 nitrogen and oxygen atoms in total. The van der Waals surface area contributed by atoms with Gasteiger partial charge in [0.05, 0.1) is 6.26 Å². The first-order valence-electron chi connectivity index (χ1n) is 7.51. The van der Waals surface area contributed by atoms with Crippen LogP contribution in [0.2, 0.25) is 0 Å². The van der Waals surface area contributed by atoms with E-state index in [9.17, 15) is 13.2 Å². The number of piperidine rings is 1. The highest BCUT2D eigenvalue weighted by Gasteiger charge is 2.26. The number of hydrogen-bond donors (Lipinski definition) is 1. The molecular weight excluding hydrogens is 302 g/mol. The number of hydrogen-bond acceptors (Lipinski definition) is 4. The molecule has 0 spiro atoms. The van der Waals surface area contributed by atoms with Gasteiger partial charge in [0.25, 0.3) is 0 Å². The van der Waals surface area contributed by atoms with Crippen molar-refractivity contribution >= 4 is 15.9 Å². The van der Waals surface area contributed by atoms with E-state index < -0.39 is 10.0 Å². The first kappa shape index (κ1) is 16.9. The molecular formula is C15H23N3O3S. The summed E-state index contributed by atoms with van der Waals surface area (Å²) in [4.78, 5) is 15.9. The van der Waals surface area contributed by atoms with E-state index >= 15 is 0 Å². The molecule has 0 saturated carbocycles. The Balaban J connectivity index is 1.97. The average Bonchev–Trinajstić information content (AvgIpc) is 2.52. The van der Waals surface area contributed by atoms with E-state index in [0.717, 1.165) is 24.2 Å². The Morgan fingerprint density at radius 3 is 2.64 bits per heavy atom. The number of aryl methyl sites for hydroxylation is 1. The van der Waals surface area contributed by atoms with Gasteiger partial charge < -0.3 is 5.32 Å². The summed E-state index contributed by atoms with van der Waals surface area (Å²) in [5.74, 6) is 0.298. The van der Waals surface area contributed by atoms with Gasteiger partial charge in [-0.25, -0.2) is 12.7 Å². The SMILES string of the molecule is CNC(=O)CCc1cccc(C2CCN(S(C)(=O)=O)CC2)n1. The molecule has 2 heterocycles. The molecule has 2 rings (SSSR count). The molecule has 1 aliphatic heterocycles. The summed E-state index contributed by atoms with van der Waals surface area (Å²) >= 11 is 0. The van der Waals surface area contributed by atoms with Gasteiger partial charge in [-0.15, -0.1) is 0 Å². The maximum absolute atomic E-state index is 11.5. The molecule has 1 aliphatic rings. The van der Waals surface area contributed by atoms with Crippen molar-refractivity contribution in [2.45, 2.75) is 31.6 Å². The molecule has 1 saturated heterocycles. The normalized spacial score (nSPS) is 17.4. The second-order valence-corrected chi connectivity index (χ2v) is 7.65. The third-order valence-electron chi connectivity index (χ3n) is 4.06. The Morgan fingerprint density at radius 2 is 2.05 bits per heavy atom. The molecule has 0 radical (unpaired) electrons. The molecule has 1 fully saturated rings. The van der Waals surface area contributed by atoms with Crippen LogP contribution in [0.3, 0.4) is 0 Å². The second-order valence-electron chi connectivity index (χ2n) is 5.66. The van der Waals surface area contributed by atoms with E-state index in [2.05, 4.69) is 10.3 Å². The highest BCUT2D eigenvalue weighted by molar-refractivity contribution is 7.88. The second kappa shape index (κ2) is 7.19. The van der Waals surface area contributed by atoms with Crippen LogP contribution in [-0.4, -0.2) is 50.0 Å². The summed E-state index contributed by atoms with van der Waals surface area (Å²) in [6.45, 7) is 1.10. The van der Waals surface area contributed by atoms with Crippen molar-refractivity contribution in [2.24, 2.45) is 0 Å². The zero-order valence-electron chi connectivity index (χ0n) is 13.1. The Morgan fingerprint density at radius 1 is 1.36 bits per heavy atom. The van der Waals surface area contributed by atoms with Gasteiger partial charge in [-0.1, -0.05) is 6.07 Å². The summed E-state index contributed by atoms with van der Waals surface area (Å²) in [5, 5.41) is 2.60. The molecule has 1 aromatic rings. The molecule has 7 heteroatoms. The molecule has 0 bridgehead atoms. The van der Waals surface area contributed by atoms with Crippen molar-refractivity contribution in [3.63, 3.8) is 0 Å². The first-order valence-corrected chi connectivity index (χ1v) is 9.36. The number of carbonyl (C=O) groups is 1. The summed E-state index contributed by atoms with van der Waals surface area (Å²) in [6.07, 6.45) is 3.89. The van der Waals surface area contributed by atoms with Gasteiger partial charge in [-0.05, 0) is 31.4 Å². The fraction of sp³-hybridized carbons (Fsp3) is 0.600. The van der Waals surface area contributed by atoms with Crippen LogP contribution in [0, 0.1) is 0 Å². The maximum Gasteiger partial charge on any atom is 0.220 e. The van der Waals surface area contributed by atoms with Gasteiger partial charge in [-0.3, -0.25) is 9.78 Å². The van der Waals surface area contributed by atoms with Crippen LogP contribution in [0.15, 0.2) is 18.2 Å². The minimum atomic E-state index is -3.09. The first-order chi connectivity index (χ1) is 10.4. The van der Waals surface area contributed by atoms with Gasteiger partial charge in [0, 0.05) is 43.9 Å². The highest BCUT2D eigenvalue weighted by atomic mass is 32.2. The molecule has 22 heavy (non-hydrogen) atoms. The minimum Gasteiger partial charge on any atom is -0.359 e. The zero-order chi connectivity index (χ0) is 16.2. The predicted molar refractivity (Wildman–Crippen MR) is 85.0 cm³/mol. The molecule has 0 unspecified atom stereocenters. The summed E-state index contributed by atoms with van der Waals surface area (Å²) in [7, 11) is -1.47. The Bertz CT molecular complexity index is 623. The zero-order valence-corrected chi connectivity index (χ0v) is 13.9. The lowest BCUT2D eigenvalue weighted by Gasteiger charge is -2.30. The molecule has 1 aromatic heterocycles. The van der Waals surface area contributed by atoms with Crippen LogP contribution in [0.5, 0.6) is 0 Å². The Kier molecular flexibility index (Phi) is 5.52. The lowest BCUT2D eigenvalue weighted by molar-refractivity contribution is -0.120. The van der Waals surface area contributed by atoms with E-state index in [4.69, 9.17) is 0 Å². The number of aromatic nitrogens is 1. The maximum atomic E-state index is 11.5. The monoisotopic (exact) mass is 325 g/mol. The summed E-state index contributed by atoms with van der Waals surface area (Å²) in [6, 6.07) is 5.88. The standard InChI is InChI=1S/C15H23N3O3S/c1-16-15(19)7-6-13-4-3-5-14(17-13)12-8-10-18(11-9-12)22(2,20)21/h3-5,12H,6-11H2,1-2H3,(H,16,19). The molecule has 0 aromatic carbocycles. The van der Waals surface area contributed by atoms with Crippen molar-refractivity contribution < 1.29 is 13.2 Å². The lowest BCUT2D eigenvalue weighted by atomic mass is 9.94.